The van der Waals surface area contributed by atoms with Crippen LogP contribution in [0.3, 0.4) is 0 Å². The molecule has 88 valence electrons. The molecule has 0 bridgehead atoms. The van der Waals surface area contributed by atoms with E-state index in [1.165, 1.54) is 12.1 Å². The van der Waals surface area contributed by atoms with Gasteiger partial charge in [-0.25, -0.2) is 4.79 Å². The molecule has 1 aromatic heterocycles. The summed E-state index contributed by atoms with van der Waals surface area (Å²) in [6.45, 7) is 1.05. The molecule has 1 aromatic carbocycles. The highest BCUT2D eigenvalue weighted by Gasteiger charge is 2.03. The predicted molar refractivity (Wildman–Crippen MR) is 58.9 cm³/mol. The van der Waals surface area contributed by atoms with E-state index in [2.05, 4.69) is 10.2 Å². The van der Waals surface area contributed by atoms with Gasteiger partial charge < -0.3 is 14.4 Å². The van der Waals surface area contributed by atoms with Crippen LogP contribution in [-0.2, 0) is 6.54 Å². The van der Waals surface area contributed by atoms with E-state index in [-0.39, 0.29) is 5.56 Å². The molecule has 1 heterocycles. The van der Waals surface area contributed by atoms with E-state index in [0.29, 0.717) is 18.9 Å². The molecule has 2 rings (SSSR count). The van der Waals surface area contributed by atoms with Gasteiger partial charge in [-0.1, -0.05) is 6.07 Å². The second-order valence-corrected chi connectivity index (χ2v) is 3.38. The Kier molecular flexibility index (Phi) is 3.34. The molecule has 2 aromatic rings. The summed E-state index contributed by atoms with van der Waals surface area (Å²) < 4.78 is 7.21. The van der Waals surface area contributed by atoms with Crippen LogP contribution in [-0.4, -0.2) is 32.4 Å². The lowest BCUT2D eigenvalue weighted by molar-refractivity contribution is 0.0696. The van der Waals surface area contributed by atoms with Gasteiger partial charge in [0.2, 0.25) is 0 Å². The van der Waals surface area contributed by atoms with Crippen LogP contribution in [0.4, 0.5) is 0 Å². The molecule has 0 aliphatic carbocycles. The SMILES string of the molecule is O=C(O)c1cccc(OCCn2cnnc2)c1. The molecular formula is C11H11N3O3. The molecule has 0 atom stereocenters. The number of nitrogens with zero attached hydrogens (tertiary/aromatic N) is 3. The summed E-state index contributed by atoms with van der Waals surface area (Å²) in [4.78, 5) is 10.7. The molecule has 1 N–H and O–H groups in total. The summed E-state index contributed by atoms with van der Waals surface area (Å²) in [6.07, 6.45) is 3.19. The minimum Gasteiger partial charge on any atom is -0.492 e. The third kappa shape index (κ3) is 3.04. The molecule has 0 saturated carbocycles. The maximum absolute atomic E-state index is 10.7. The summed E-state index contributed by atoms with van der Waals surface area (Å²) in [6, 6.07) is 6.39. The maximum atomic E-state index is 10.7. The summed E-state index contributed by atoms with van der Waals surface area (Å²) >= 11 is 0. The summed E-state index contributed by atoms with van der Waals surface area (Å²) in [7, 11) is 0. The van der Waals surface area contributed by atoms with E-state index in [9.17, 15) is 4.79 Å². The third-order valence-corrected chi connectivity index (χ3v) is 2.17. The summed E-state index contributed by atoms with van der Waals surface area (Å²) in [5, 5.41) is 16.1. The molecule has 0 spiro atoms. The normalized spacial score (nSPS) is 10.1. The van der Waals surface area contributed by atoms with E-state index < -0.39 is 5.97 Å². The van der Waals surface area contributed by atoms with Crippen molar-refractivity contribution >= 4 is 5.97 Å². The molecule has 17 heavy (non-hydrogen) atoms. The van der Waals surface area contributed by atoms with Gasteiger partial charge in [-0.3, -0.25) is 0 Å². The van der Waals surface area contributed by atoms with Gasteiger partial charge in [0.1, 0.15) is 25.0 Å². The highest BCUT2D eigenvalue weighted by atomic mass is 16.5. The molecule has 0 amide bonds. The quantitative estimate of drug-likeness (QED) is 0.835. The number of hydrogen-bond acceptors (Lipinski definition) is 4. The lowest BCUT2D eigenvalue weighted by atomic mass is 10.2. The molecule has 0 aliphatic rings. The Balaban J connectivity index is 1.90. The average molecular weight is 233 g/mol. The number of carbonyl (C=O) groups is 1. The minimum atomic E-state index is -0.964. The molecule has 0 radical (unpaired) electrons. The van der Waals surface area contributed by atoms with Gasteiger partial charge in [0.25, 0.3) is 0 Å². The van der Waals surface area contributed by atoms with Crippen LogP contribution in [0.1, 0.15) is 10.4 Å². The van der Waals surface area contributed by atoms with E-state index in [4.69, 9.17) is 9.84 Å². The van der Waals surface area contributed by atoms with Crippen molar-refractivity contribution in [1.82, 2.24) is 14.8 Å². The van der Waals surface area contributed by atoms with Gasteiger partial charge >= 0.3 is 5.97 Å². The fraction of sp³-hybridized carbons (Fsp3) is 0.182. The topological polar surface area (TPSA) is 77.2 Å². The second-order valence-electron chi connectivity index (χ2n) is 3.38. The molecule has 6 heteroatoms. The number of aromatic carboxylic acids is 1. The van der Waals surface area contributed by atoms with Gasteiger partial charge in [-0.15, -0.1) is 10.2 Å². The highest BCUT2D eigenvalue weighted by molar-refractivity contribution is 5.87. The minimum absolute atomic E-state index is 0.215. The number of ether oxygens (including phenoxy) is 1. The van der Waals surface area contributed by atoms with Crippen molar-refractivity contribution in [2.24, 2.45) is 0 Å². The smallest absolute Gasteiger partial charge is 0.335 e. The van der Waals surface area contributed by atoms with Crippen molar-refractivity contribution in [2.75, 3.05) is 6.61 Å². The zero-order chi connectivity index (χ0) is 12.1. The van der Waals surface area contributed by atoms with Crippen molar-refractivity contribution in [2.45, 2.75) is 6.54 Å². The standard InChI is InChI=1S/C11H11N3O3/c15-11(16)9-2-1-3-10(6-9)17-5-4-14-7-12-13-8-14/h1-3,6-8H,4-5H2,(H,15,16). The maximum Gasteiger partial charge on any atom is 0.335 e. The molecule has 0 aliphatic heterocycles. The zero-order valence-electron chi connectivity index (χ0n) is 8.98. The van der Waals surface area contributed by atoms with Gasteiger partial charge in [-0.05, 0) is 18.2 Å². The highest BCUT2D eigenvalue weighted by Crippen LogP contribution is 2.13. The predicted octanol–water partition coefficient (Wildman–Crippen LogP) is 1.06. The first-order valence-corrected chi connectivity index (χ1v) is 5.04. The first kappa shape index (κ1) is 11.1. The number of hydrogen-bond donors (Lipinski definition) is 1. The van der Waals surface area contributed by atoms with Crippen molar-refractivity contribution in [3.63, 3.8) is 0 Å². The van der Waals surface area contributed by atoms with Crippen molar-refractivity contribution in [3.8, 4) is 5.75 Å². The number of carboxylic acid groups (broad SMARTS) is 1. The summed E-state index contributed by atoms with van der Waals surface area (Å²) in [5.74, 6) is -0.424. The van der Waals surface area contributed by atoms with Gasteiger partial charge in [0, 0.05) is 0 Å². The Hall–Kier alpha value is -2.37. The first-order chi connectivity index (χ1) is 8.25. The van der Waals surface area contributed by atoms with Crippen LogP contribution in [0.25, 0.3) is 0 Å². The number of aromatic nitrogens is 3. The lowest BCUT2D eigenvalue weighted by Gasteiger charge is -2.06. The Morgan fingerprint density at radius 2 is 2.12 bits per heavy atom. The Morgan fingerprint density at radius 1 is 1.35 bits per heavy atom. The molecule has 6 nitrogen and oxygen atoms in total. The number of benzene rings is 1. The molecule has 0 unspecified atom stereocenters. The monoisotopic (exact) mass is 233 g/mol. The fourth-order valence-corrected chi connectivity index (χ4v) is 1.33. The van der Waals surface area contributed by atoms with Gasteiger partial charge in [0.15, 0.2) is 0 Å². The van der Waals surface area contributed by atoms with E-state index in [1.54, 1.807) is 29.4 Å². The van der Waals surface area contributed by atoms with Crippen molar-refractivity contribution in [3.05, 3.63) is 42.5 Å². The van der Waals surface area contributed by atoms with E-state index in [0.717, 1.165) is 0 Å². The molecular weight excluding hydrogens is 222 g/mol. The van der Waals surface area contributed by atoms with Crippen molar-refractivity contribution in [1.29, 1.82) is 0 Å². The third-order valence-electron chi connectivity index (χ3n) is 2.17. The molecule has 0 fully saturated rings. The molecule has 0 saturated heterocycles. The Bertz CT molecular complexity index is 496. The number of carboxylic acids is 1. The average Bonchev–Trinajstić information content (AvgIpc) is 2.82. The fourth-order valence-electron chi connectivity index (χ4n) is 1.33. The second kappa shape index (κ2) is 5.11. The largest absolute Gasteiger partial charge is 0.492 e. The van der Waals surface area contributed by atoms with Crippen molar-refractivity contribution < 1.29 is 14.6 Å². The van der Waals surface area contributed by atoms with Crippen LogP contribution in [0.5, 0.6) is 5.75 Å². The first-order valence-electron chi connectivity index (χ1n) is 5.04. The van der Waals surface area contributed by atoms with Gasteiger partial charge in [0.05, 0.1) is 12.1 Å². The van der Waals surface area contributed by atoms with E-state index >= 15 is 0 Å². The Morgan fingerprint density at radius 3 is 2.82 bits per heavy atom. The van der Waals surface area contributed by atoms with Crippen LogP contribution in [0, 0.1) is 0 Å². The van der Waals surface area contributed by atoms with Crippen LogP contribution in [0.15, 0.2) is 36.9 Å². The summed E-state index contributed by atoms with van der Waals surface area (Å²) in [5.41, 5.74) is 0.215. The lowest BCUT2D eigenvalue weighted by Crippen LogP contribution is -2.07. The Labute approximate surface area is 97.5 Å². The number of rotatable bonds is 5. The van der Waals surface area contributed by atoms with Crippen LogP contribution >= 0.6 is 0 Å². The van der Waals surface area contributed by atoms with Crippen LogP contribution in [0.2, 0.25) is 0 Å². The van der Waals surface area contributed by atoms with E-state index in [1.807, 2.05) is 0 Å². The van der Waals surface area contributed by atoms with Gasteiger partial charge in [-0.2, -0.15) is 0 Å². The van der Waals surface area contributed by atoms with Crippen LogP contribution < -0.4 is 4.74 Å². The zero-order valence-corrected chi connectivity index (χ0v) is 8.98.